The highest BCUT2D eigenvalue weighted by atomic mass is 32.2. The molecule has 0 aliphatic carbocycles. The van der Waals surface area contributed by atoms with Crippen LogP contribution in [0.25, 0.3) is 0 Å². The van der Waals surface area contributed by atoms with Crippen LogP contribution >= 0.6 is 23.5 Å². The van der Waals surface area contributed by atoms with E-state index in [0.29, 0.717) is 22.4 Å². The van der Waals surface area contributed by atoms with Gasteiger partial charge in [-0.1, -0.05) is 43.1 Å². The third-order valence-electron chi connectivity index (χ3n) is 4.66. The highest BCUT2D eigenvalue weighted by Crippen LogP contribution is 2.40. The molecule has 5 nitrogen and oxygen atoms in total. The fraction of sp³-hybridized carbons (Fsp3) is 0.476. The van der Waals surface area contributed by atoms with Gasteiger partial charge in [-0.3, -0.25) is 4.79 Å². The van der Waals surface area contributed by atoms with Crippen LogP contribution in [0.15, 0.2) is 38.9 Å². The standard InChI is InChI=1S/C21H31N3O2S2/c1-6-16-13-24(10-8-9-23-16)21(25)17-12-19(14(3)11-18(17)26-5)28-20(7-2)27-15(4)22/h7,11-12,16,23H,4,6,8-10,13,22H2,1-3,5H3/b20-7+/t16-/m1/s1. The number of carbonyl (C=O) groups is 1. The van der Waals surface area contributed by atoms with Gasteiger partial charge >= 0.3 is 0 Å². The second-order valence-electron chi connectivity index (χ2n) is 6.76. The van der Waals surface area contributed by atoms with E-state index in [1.54, 1.807) is 18.9 Å². The van der Waals surface area contributed by atoms with E-state index in [-0.39, 0.29) is 5.91 Å². The molecule has 3 N–H and O–H groups in total. The van der Waals surface area contributed by atoms with Crippen LogP contribution in [0.1, 0.15) is 42.6 Å². The fourth-order valence-corrected chi connectivity index (χ4v) is 4.97. The molecule has 0 unspecified atom stereocenters. The van der Waals surface area contributed by atoms with Gasteiger partial charge in [-0.25, -0.2) is 0 Å². The number of nitrogens with one attached hydrogen (secondary N) is 1. The van der Waals surface area contributed by atoms with E-state index < -0.39 is 0 Å². The Hall–Kier alpha value is -1.57. The first-order chi connectivity index (χ1) is 13.4. The minimum atomic E-state index is 0.0266. The van der Waals surface area contributed by atoms with Crippen molar-refractivity contribution >= 4 is 29.4 Å². The summed E-state index contributed by atoms with van der Waals surface area (Å²) in [6.45, 7) is 12.3. The number of hydrogen-bond donors (Lipinski definition) is 2. The lowest BCUT2D eigenvalue weighted by Crippen LogP contribution is -2.40. The van der Waals surface area contributed by atoms with Crippen LogP contribution in [0.2, 0.25) is 0 Å². The number of methoxy groups -OCH3 is 1. The van der Waals surface area contributed by atoms with Gasteiger partial charge in [0.2, 0.25) is 0 Å². The number of benzene rings is 1. The van der Waals surface area contributed by atoms with Crippen LogP contribution in [0.4, 0.5) is 0 Å². The lowest BCUT2D eigenvalue weighted by Gasteiger charge is -2.25. The molecule has 1 fully saturated rings. The molecular weight excluding hydrogens is 390 g/mol. The number of aryl methyl sites for hydroxylation is 1. The maximum atomic E-state index is 13.3. The predicted octanol–water partition coefficient (Wildman–Crippen LogP) is 4.33. The van der Waals surface area contributed by atoms with E-state index in [4.69, 9.17) is 10.5 Å². The Balaban J connectivity index is 2.34. The van der Waals surface area contributed by atoms with Crippen molar-refractivity contribution < 1.29 is 9.53 Å². The molecule has 28 heavy (non-hydrogen) atoms. The quantitative estimate of drug-likeness (QED) is 0.639. The highest BCUT2D eigenvalue weighted by molar-refractivity contribution is 8.23. The molecule has 1 aromatic carbocycles. The smallest absolute Gasteiger partial charge is 0.257 e. The Bertz CT molecular complexity index is 749. The number of amides is 1. The number of thioether (sulfide) groups is 2. The SMILES string of the molecule is C=C(N)S/C(=C\C)Sc1cc(C(=O)N2CCCN[C@H](CC)C2)c(OC)cc1C. The van der Waals surface area contributed by atoms with Crippen molar-refractivity contribution in [1.29, 1.82) is 0 Å². The van der Waals surface area contributed by atoms with Crippen LogP contribution in [-0.2, 0) is 0 Å². The Kier molecular flexibility index (Phi) is 8.79. The minimum Gasteiger partial charge on any atom is -0.496 e. The third-order valence-corrected chi connectivity index (χ3v) is 6.96. The number of rotatable bonds is 7. The lowest BCUT2D eigenvalue weighted by molar-refractivity contribution is 0.0748. The summed E-state index contributed by atoms with van der Waals surface area (Å²) in [5.41, 5.74) is 7.42. The first kappa shape index (κ1) is 22.7. The van der Waals surface area contributed by atoms with Crippen LogP contribution < -0.4 is 15.8 Å². The van der Waals surface area contributed by atoms with E-state index in [1.165, 1.54) is 11.8 Å². The Morgan fingerprint density at radius 2 is 2.25 bits per heavy atom. The Morgan fingerprint density at radius 1 is 1.50 bits per heavy atom. The largest absolute Gasteiger partial charge is 0.496 e. The summed E-state index contributed by atoms with van der Waals surface area (Å²) in [5.74, 6) is 0.647. The molecule has 1 atom stereocenters. The molecule has 1 heterocycles. The van der Waals surface area contributed by atoms with Gasteiger partial charge in [0.05, 0.1) is 17.7 Å². The van der Waals surface area contributed by atoms with Crippen LogP contribution in [0.5, 0.6) is 5.75 Å². The number of carbonyl (C=O) groups excluding carboxylic acids is 1. The zero-order valence-corrected chi connectivity index (χ0v) is 18.8. The zero-order valence-electron chi connectivity index (χ0n) is 17.2. The number of nitrogens with zero attached hydrogens (tertiary/aromatic N) is 1. The van der Waals surface area contributed by atoms with Crippen molar-refractivity contribution in [2.24, 2.45) is 5.73 Å². The zero-order chi connectivity index (χ0) is 20.7. The summed E-state index contributed by atoms with van der Waals surface area (Å²) in [6.07, 6.45) is 3.96. The van der Waals surface area contributed by atoms with E-state index in [2.05, 4.69) is 18.8 Å². The molecule has 7 heteroatoms. The maximum absolute atomic E-state index is 13.3. The predicted molar refractivity (Wildman–Crippen MR) is 121 cm³/mol. The summed E-state index contributed by atoms with van der Waals surface area (Å²) < 4.78 is 6.58. The monoisotopic (exact) mass is 421 g/mol. The minimum absolute atomic E-state index is 0.0266. The van der Waals surface area contributed by atoms with Crippen LogP contribution in [-0.4, -0.2) is 43.6 Å². The molecule has 2 rings (SSSR count). The summed E-state index contributed by atoms with van der Waals surface area (Å²) in [5, 5.41) is 4.06. The highest BCUT2D eigenvalue weighted by Gasteiger charge is 2.25. The Morgan fingerprint density at radius 3 is 2.86 bits per heavy atom. The number of ether oxygens (including phenoxy) is 1. The molecular formula is C21H31N3O2S2. The maximum Gasteiger partial charge on any atom is 0.257 e. The van der Waals surface area contributed by atoms with Gasteiger partial charge in [0, 0.05) is 28.3 Å². The van der Waals surface area contributed by atoms with Crippen molar-refractivity contribution in [2.75, 3.05) is 26.7 Å². The first-order valence-corrected chi connectivity index (χ1v) is 11.2. The van der Waals surface area contributed by atoms with Crippen molar-refractivity contribution in [1.82, 2.24) is 10.2 Å². The summed E-state index contributed by atoms with van der Waals surface area (Å²) in [6, 6.07) is 4.22. The van der Waals surface area contributed by atoms with Crippen molar-refractivity contribution in [3.63, 3.8) is 0 Å². The first-order valence-electron chi connectivity index (χ1n) is 9.57. The number of hydrogen-bond acceptors (Lipinski definition) is 6. The van der Waals surface area contributed by atoms with Gasteiger partial charge in [0.25, 0.3) is 5.91 Å². The van der Waals surface area contributed by atoms with Gasteiger partial charge < -0.3 is 20.7 Å². The summed E-state index contributed by atoms with van der Waals surface area (Å²) in [7, 11) is 1.61. The molecule has 0 spiro atoms. The van der Waals surface area contributed by atoms with E-state index in [1.807, 2.05) is 37.0 Å². The lowest BCUT2D eigenvalue weighted by atomic mass is 10.1. The second-order valence-corrected chi connectivity index (χ2v) is 9.27. The average molecular weight is 422 g/mol. The molecule has 1 aliphatic rings. The van der Waals surface area contributed by atoms with E-state index in [9.17, 15) is 4.79 Å². The van der Waals surface area contributed by atoms with Gasteiger partial charge in [0.15, 0.2) is 0 Å². The molecule has 1 saturated heterocycles. The molecule has 0 saturated carbocycles. The summed E-state index contributed by atoms with van der Waals surface area (Å²) in [4.78, 5) is 16.3. The molecule has 0 aromatic heterocycles. The van der Waals surface area contributed by atoms with E-state index in [0.717, 1.165) is 47.2 Å². The van der Waals surface area contributed by atoms with Crippen molar-refractivity contribution in [2.45, 2.75) is 44.6 Å². The topological polar surface area (TPSA) is 67.6 Å². The van der Waals surface area contributed by atoms with Gasteiger partial charge in [-0.15, -0.1) is 0 Å². The molecule has 1 amide bonds. The Labute approximate surface area is 177 Å². The van der Waals surface area contributed by atoms with Crippen molar-refractivity contribution in [3.05, 3.63) is 45.2 Å². The number of allylic oxidation sites excluding steroid dienone is 1. The second kappa shape index (κ2) is 10.8. The third kappa shape index (κ3) is 5.96. The van der Waals surface area contributed by atoms with Crippen molar-refractivity contribution in [3.8, 4) is 5.75 Å². The van der Waals surface area contributed by atoms with Gasteiger partial charge in [-0.2, -0.15) is 0 Å². The van der Waals surface area contributed by atoms with Crippen LogP contribution in [0, 0.1) is 6.92 Å². The fourth-order valence-electron chi connectivity index (χ4n) is 3.11. The molecule has 0 bridgehead atoms. The van der Waals surface area contributed by atoms with Gasteiger partial charge in [-0.05, 0) is 50.9 Å². The molecule has 0 radical (unpaired) electrons. The molecule has 1 aromatic rings. The van der Waals surface area contributed by atoms with Crippen LogP contribution in [0.3, 0.4) is 0 Å². The average Bonchev–Trinajstić information content (AvgIpc) is 2.93. The normalized spacial score (nSPS) is 17.9. The van der Waals surface area contributed by atoms with E-state index >= 15 is 0 Å². The summed E-state index contributed by atoms with van der Waals surface area (Å²) >= 11 is 3.03. The number of nitrogens with two attached hydrogens (primary N) is 1. The molecule has 1 aliphatic heterocycles. The van der Waals surface area contributed by atoms with Gasteiger partial charge in [0.1, 0.15) is 5.75 Å². The molecule has 154 valence electrons.